The van der Waals surface area contributed by atoms with Crippen LogP contribution in [0.4, 0.5) is 0 Å². The number of esters is 1. The fourth-order valence-corrected chi connectivity index (χ4v) is 3.16. The fraction of sp³-hybridized carbons (Fsp3) is 0.588. The highest BCUT2D eigenvalue weighted by Crippen LogP contribution is 2.30. The SMILES string of the molecule is CCOC(=O)C(NCC(CC)(CC)SC)c1ccccc1. The van der Waals surface area contributed by atoms with Crippen molar-refractivity contribution in [2.24, 2.45) is 0 Å². The Bertz CT molecular complexity index is 410. The molecule has 0 saturated heterocycles. The van der Waals surface area contributed by atoms with Gasteiger partial charge in [-0.3, -0.25) is 5.32 Å². The van der Waals surface area contributed by atoms with Crippen LogP contribution in [0.25, 0.3) is 0 Å². The minimum atomic E-state index is -0.393. The highest BCUT2D eigenvalue weighted by molar-refractivity contribution is 8.00. The Balaban J connectivity index is 2.86. The van der Waals surface area contributed by atoms with E-state index in [1.54, 1.807) is 0 Å². The van der Waals surface area contributed by atoms with Gasteiger partial charge in [0.05, 0.1) is 6.61 Å². The van der Waals surface area contributed by atoms with Crippen LogP contribution in [0.1, 0.15) is 45.2 Å². The van der Waals surface area contributed by atoms with Gasteiger partial charge in [0.1, 0.15) is 6.04 Å². The molecule has 0 saturated carbocycles. The molecule has 0 spiro atoms. The number of hydrogen-bond acceptors (Lipinski definition) is 4. The Morgan fingerprint density at radius 3 is 2.33 bits per heavy atom. The van der Waals surface area contributed by atoms with Crippen LogP contribution in [-0.2, 0) is 9.53 Å². The van der Waals surface area contributed by atoms with Gasteiger partial charge in [-0.05, 0) is 31.6 Å². The predicted octanol–water partition coefficient (Wildman–Crippen LogP) is 3.80. The van der Waals surface area contributed by atoms with Crippen molar-refractivity contribution in [3.05, 3.63) is 35.9 Å². The number of benzene rings is 1. The minimum Gasteiger partial charge on any atom is -0.465 e. The molecule has 1 rings (SSSR count). The Morgan fingerprint density at radius 2 is 1.86 bits per heavy atom. The van der Waals surface area contributed by atoms with E-state index in [1.165, 1.54) is 0 Å². The van der Waals surface area contributed by atoms with E-state index < -0.39 is 6.04 Å². The van der Waals surface area contributed by atoms with Gasteiger partial charge in [-0.25, -0.2) is 4.79 Å². The quantitative estimate of drug-likeness (QED) is 0.704. The zero-order valence-corrected chi connectivity index (χ0v) is 14.3. The van der Waals surface area contributed by atoms with Crippen molar-refractivity contribution in [3.63, 3.8) is 0 Å². The van der Waals surface area contributed by atoms with E-state index in [2.05, 4.69) is 25.4 Å². The first-order chi connectivity index (χ1) is 10.1. The summed E-state index contributed by atoms with van der Waals surface area (Å²) < 4.78 is 5.38. The van der Waals surface area contributed by atoms with Crippen molar-refractivity contribution >= 4 is 17.7 Å². The molecular weight excluding hydrogens is 282 g/mol. The zero-order valence-electron chi connectivity index (χ0n) is 13.5. The Morgan fingerprint density at radius 1 is 1.24 bits per heavy atom. The number of carbonyl (C=O) groups is 1. The molecule has 3 nitrogen and oxygen atoms in total. The molecular formula is C17H27NO2S. The first kappa shape index (κ1) is 18.1. The lowest BCUT2D eigenvalue weighted by molar-refractivity contribution is -0.145. The van der Waals surface area contributed by atoms with Crippen molar-refractivity contribution in [3.8, 4) is 0 Å². The molecule has 0 aromatic heterocycles. The predicted molar refractivity (Wildman–Crippen MR) is 90.6 cm³/mol. The van der Waals surface area contributed by atoms with Crippen LogP contribution < -0.4 is 5.32 Å². The molecule has 118 valence electrons. The normalized spacial score (nSPS) is 13.0. The second-order valence-corrected chi connectivity index (χ2v) is 6.35. The Labute approximate surface area is 132 Å². The molecule has 0 heterocycles. The summed E-state index contributed by atoms with van der Waals surface area (Å²) in [5.41, 5.74) is 0.957. The van der Waals surface area contributed by atoms with Gasteiger partial charge in [-0.2, -0.15) is 11.8 Å². The molecule has 1 atom stereocenters. The van der Waals surface area contributed by atoms with Gasteiger partial charge in [0.15, 0.2) is 0 Å². The lowest BCUT2D eigenvalue weighted by Crippen LogP contribution is -2.41. The molecule has 1 unspecified atom stereocenters. The summed E-state index contributed by atoms with van der Waals surface area (Å²) in [6, 6.07) is 9.39. The Hall–Kier alpha value is -1.00. The van der Waals surface area contributed by atoms with E-state index >= 15 is 0 Å². The highest BCUT2D eigenvalue weighted by Gasteiger charge is 2.29. The van der Waals surface area contributed by atoms with E-state index in [0.29, 0.717) is 6.61 Å². The van der Waals surface area contributed by atoms with E-state index in [1.807, 2.05) is 49.0 Å². The number of nitrogens with one attached hydrogen (secondary N) is 1. The smallest absolute Gasteiger partial charge is 0.327 e. The average molecular weight is 309 g/mol. The summed E-state index contributed by atoms with van der Waals surface area (Å²) in [6.45, 7) is 7.43. The fourth-order valence-electron chi connectivity index (χ4n) is 2.36. The molecule has 0 radical (unpaired) electrons. The van der Waals surface area contributed by atoms with Crippen LogP contribution in [-0.4, -0.2) is 30.1 Å². The second kappa shape index (κ2) is 9.11. The van der Waals surface area contributed by atoms with Gasteiger partial charge in [-0.1, -0.05) is 44.2 Å². The molecule has 0 aliphatic heterocycles. The van der Waals surface area contributed by atoms with Gasteiger partial charge in [-0.15, -0.1) is 0 Å². The third kappa shape index (κ3) is 5.04. The monoisotopic (exact) mass is 309 g/mol. The average Bonchev–Trinajstić information content (AvgIpc) is 2.53. The summed E-state index contributed by atoms with van der Waals surface area (Å²) in [6.07, 6.45) is 4.28. The van der Waals surface area contributed by atoms with E-state index in [4.69, 9.17) is 4.74 Å². The first-order valence-corrected chi connectivity index (χ1v) is 8.85. The maximum atomic E-state index is 12.2. The van der Waals surface area contributed by atoms with Crippen molar-refractivity contribution in [2.75, 3.05) is 19.4 Å². The molecule has 0 aliphatic rings. The minimum absolute atomic E-state index is 0.166. The third-order valence-corrected chi connectivity index (χ3v) is 5.59. The van der Waals surface area contributed by atoms with Gasteiger partial charge in [0.2, 0.25) is 0 Å². The molecule has 4 heteroatoms. The molecule has 0 bridgehead atoms. The highest BCUT2D eigenvalue weighted by atomic mass is 32.2. The van der Waals surface area contributed by atoms with Crippen molar-refractivity contribution in [2.45, 2.75) is 44.4 Å². The van der Waals surface area contributed by atoms with Gasteiger partial charge < -0.3 is 4.74 Å². The third-order valence-electron chi connectivity index (χ3n) is 4.01. The zero-order chi connectivity index (χ0) is 15.7. The summed E-state index contributed by atoms with van der Waals surface area (Å²) in [5, 5.41) is 3.42. The van der Waals surface area contributed by atoms with Crippen LogP contribution in [0, 0.1) is 0 Å². The largest absolute Gasteiger partial charge is 0.465 e. The van der Waals surface area contributed by atoms with Gasteiger partial charge in [0.25, 0.3) is 0 Å². The number of rotatable bonds is 9. The maximum absolute atomic E-state index is 12.2. The summed E-state index contributed by atoms with van der Waals surface area (Å²) in [5.74, 6) is -0.203. The first-order valence-electron chi connectivity index (χ1n) is 7.62. The van der Waals surface area contributed by atoms with Crippen LogP contribution in [0.5, 0.6) is 0 Å². The lowest BCUT2D eigenvalue weighted by atomic mass is 10.0. The Kier molecular flexibility index (Phi) is 7.83. The topological polar surface area (TPSA) is 38.3 Å². The summed E-state index contributed by atoms with van der Waals surface area (Å²) in [7, 11) is 0. The van der Waals surface area contributed by atoms with E-state index in [0.717, 1.165) is 24.9 Å². The number of hydrogen-bond donors (Lipinski definition) is 1. The molecule has 0 fully saturated rings. The van der Waals surface area contributed by atoms with Crippen LogP contribution in [0.15, 0.2) is 30.3 Å². The number of thioether (sulfide) groups is 1. The maximum Gasteiger partial charge on any atom is 0.327 e. The van der Waals surface area contributed by atoms with Gasteiger partial charge >= 0.3 is 5.97 Å². The standard InChI is InChI=1S/C17H27NO2S/c1-5-17(6-2,21-4)13-18-15(16(19)20-7-3)14-11-9-8-10-12-14/h8-12,15,18H,5-7,13H2,1-4H3. The second-order valence-electron chi connectivity index (χ2n) is 5.07. The van der Waals surface area contributed by atoms with Crippen molar-refractivity contribution in [1.82, 2.24) is 5.32 Å². The molecule has 1 N–H and O–H groups in total. The number of ether oxygens (including phenoxy) is 1. The molecule has 0 amide bonds. The van der Waals surface area contributed by atoms with Gasteiger partial charge in [0, 0.05) is 11.3 Å². The van der Waals surface area contributed by atoms with Crippen molar-refractivity contribution < 1.29 is 9.53 Å². The van der Waals surface area contributed by atoms with Crippen LogP contribution in [0.3, 0.4) is 0 Å². The lowest BCUT2D eigenvalue weighted by Gasteiger charge is -2.31. The molecule has 0 aliphatic carbocycles. The van der Waals surface area contributed by atoms with E-state index in [-0.39, 0.29) is 10.7 Å². The molecule has 21 heavy (non-hydrogen) atoms. The molecule has 1 aromatic carbocycles. The summed E-state index contributed by atoms with van der Waals surface area (Å²) >= 11 is 1.86. The van der Waals surface area contributed by atoms with Crippen LogP contribution >= 0.6 is 11.8 Å². The number of carbonyl (C=O) groups excluding carboxylic acids is 1. The van der Waals surface area contributed by atoms with E-state index in [9.17, 15) is 4.79 Å². The molecule has 1 aromatic rings. The summed E-state index contributed by atoms with van der Waals surface area (Å²) in [4.78, 5) is 12.2. The van der Waals surface area contributed by atoms with Crippen LogP contribution in [0.2, 0.25) is 0 Å². The van der Waals surface area contributed by atoms with Crippen molar-refractivity contribution in [1.29, 1.82) is 0 Å².